The minimum Gasteiger partial charge on any atom is -0.379 e. The second kappa shape index (κ2) is 11.0. The number of nitrogens with zero attached hydrogens (tertiary/aromatic N) is 1. The maximum absolute atomic E-state index is 13.3. The van der Waals surface area contributed by atoms with Crippen molar-refractivity contribution in [3.63, 3.8) is 0 Å². The van der Waals surface area contributed by atoms with Crippen molar-refractivity contribution in [1.29, 1.82) is 0 Å². The summed E-state index contributed by atoms with van der Waals surface area (Å²) in [7, 11) is -3.89. The van der Waals surface area contributed by atoms with Crippen LogP contribution in [-0.2, 0) is 26.0 Å². The van der Waals surface area contributed by atoms with E-state index in [1.54, 1.807) is 13.8 Å². The van der Waals surface area contributed by atoms with Crippen molar-refractivity contribution in [3.8, 4) is 0 Å². The quantitative estimate of drug-likeness (QED) is 0.599. The molecule has 2 aromatic rings. The molecule has 32 heavy (non-hydrogen) atoms. The molecule has 0 radical (unpaired) electrons. The molecule has 0 bridgehead atoms. The summed E-state index contributed by atoms with van der Waals surface area (Å²) >= 11 is 0. The molecule has 0 aliphatic carbocycles. The van der Waals surface area contributed by atoms with Crippen LogP contribution in [0.25, 0.3) is 0 Å². The number of nitrogens with one attached hydrogen (secondary N) is 2. The third kappa shape index (κ3) is 6.62. The fourth-order valence-corrected chi connectivity index (χ4v) is 5.81. The van der Waals surface area contributed by atoms with Crippen molar-refractivity contribution in [1.82, 2.24) is 14.9 Å². The largest absolute Gasteiger partial charge is 0.379 e. The summed E-state index contributed by atoms with van der Waals surface area (Å²) in [5.41, 5.74) is 3.23. The van der Waals surface area contributed by atoms with Crippen LogP contribution in [0.2, 0.25) is 0 Å². The Morgan fingerprint density at radius 2 is 1.69 bits per heavy atom. The van der Waals surface area contributed by atoms with Gasteiger partial charge in [0.05, 0.1) is 18.1 Å². The summed E-state index contributed by atoms with van der Waals surface area (Å²) in [5.74, 6) is -0.326. The van der Waals surface area contributed by atoms with Crippen molar-refractivity contribution >= 4 is 15.9 Å². The lowest BCUT2D eigenvalue weighted by Crippen LogP contribution is -2.50. The normalized spacial score (nSPS) is 16.0. The maximum atomic E-state index is 13.3. The van der Waals surface area contributed by atoms with Gasteiger partial charge in [-0.1, -0.05) is 48.0 Å². The molecule has 1 atom stereocenters. The molecule has 2 aromatic carbocycles. The van der Waals surface area contributed by atoms with Gasteiger partial charge in [-0.3, -0.25) is 9.69 Å². The second-order valence-corrected chi connectivity index (χ2v) is 9.99. The van der Waals surface area contributed by atoms with E-state index in [2.05, 4.69) is 14.9 Å². The zero-order valence-corrected chi connectivity index (χ0v) is 19.9. The summed E-state index contributed by atoms with van der Waals surface area (Å²) in [5, 5.41) is 2.91. The average Bonchev–Trinajstić information content (AvgIpc) is 2.73. The molecule has 0 saturated carbocycles. The van der Waals surface area contributed by atoms with Crippen molar-refractivity contribution in [2.24, 2.45) is 0 Å². The predicted molar refractivity (Wildman–Crippen MR) is 125 cm³/mol. The highest BCUT2D eigenvalue weighted by atomic mass is 32.2. The van der Waals surface area contributed by atoms with Crippen LogP contribution in [-0.4, -0.2) is 64.7 Å². The monoisotopic (exact) mass is 459 g/mol. The minimum absolute atomic E-state index is 0.238. The van der Waals surface area contributed by atoms with E-state index >= 15 is 0 Å². The summed E-state index contributed by atoms with van der Waals surface area (Å²) < 4.78 is 34.6. The number of hydrogen-bond acceptors (Lipinski definition) is 5. The molecule has 1 aliphatic heterocycles. The number of ether oxygens (including phenoxy) is 1. The van der Waals surface area contributed by atoms with E-state index in [0.29, 0.717) is 37.4 Å². The van der Waals surface area contributed by atoms with Gasteiger partial charge < -0.3 is 10.1 Å². The lowest BCUT2D eigenvalue weighted by atomic mass is 10.1. The molecule has 1 fully saturated rings. The highest BCUT2D eigenvalue weighted by Gasteiger charge is 2.28. The molecule has 1 amide bonds. The summed E-state index contributed by atoms with van der Waals surface area (Å²) in [6.07, 6.45) is 0.271. The van der Waals surface area contributed by atoms with Crippen molar-refractivity contribution < 1.29 is 17.9 Å². The number of hydrogen-bond donors (Lipinski definition) is 2. The van der Waals surface area contributed by atoms with Gasteiger partial charge in [-0.15, -0.1) is 0 Å². The first-order valence-corrected chi connectivity index (χ1v) is 12.5. The summed E-state index contributed by atoms with van der Waals surface area (Å²) in [6, 6.07) is 12.2. The summed E-state index contributed by atoms with van der Waals surface area (Å²) in [4.78, 5) is 15.5. The number of aryl methyl sites for hydroxylation is 3. The molecule has 0 aromatic heterocycles. The van der Waals surface area contributed by atoms with Gasteiger partial charge in [0, 0.05) is 26.2 Å². The van der Waals surface area contributed by atoms with Gasteiger partial charge in [0.1, 0.15) is 6.04 Å². The molecule has 1 heterocycles. The van der Waals surface area contributed by atoms with Crippen LogP contribution in [0.4, 0.5) is 0 Å². The standard InChI is InChI=1S/C24H33N3O4S/c1-18-15-19(2)23(20(3)16-18)32(29,30)26-22(17-21-7-5-4-6-8-21)24(28)25-9-10-27-11-13-31-14-12-27/h4-8,15-16,22,26H,9-14,17H2,1-3H3,(H,25,28). The molecular weight excluding hydrogens is 426 g/mol. The lowest BCUT2D eigenvalue weighted by molar-refractivity contribution is -0.122. The number of sulfonamides is 1. The Hall–Kier alpha value is -2.26. The molecule has 1 saturated heterocycles. The van der Waals surface area contributed by atoms with E-state index in [-0.39, 0.29) is 17.2 Å². The third-order valence-electron chi connectivity index (χ3n) is 5.60. The Morgan fingerprint density at radius 1 is 1.06 bits per heavy atom. The molecule has 1 unspecified atom stereocenters. The fraction of sp³-hybridized carbons (Fsp3) is 0.458. The van der Waals surface area contributed by atoms with Crippen LogP contribution in [0.1, 0.15) is 22.3 Å². The Bertz CT molecular complexity index is 996. The Kier molecular flexibility index (Phi) is 8.42. The summed E-state index contributed by atoms with van der Waals surface area (Å²) in [6.45, 7) is 9.71. The lowest BCUT2D eigenvalue weighted by Gasteiger charge is -2.27. The zero-order valence-electron chi connectivity index (χ0n) is 19.1. The van der Waals surface area contributed by atoms with Crippen molar-refractivity contribution in [3.05, 3.63) is 64.7 Å². The number of amides is 1. The van der Waals surface area contributed by atoms with E-state index in [1.165, 1.54) is 0 Å². The van der Waals surface area contributed by atoms with Crippen LogP contribution in [0.3, 0.4) is 0 Å². The van der Waals surface area contributed by atoms with Crippen LogP contribution >= 0.6 is 0 Å². The molecular formula is C24H33N3O4S. The zero-order chi connectivity index (χ0) is 23.1. The number of morpholine rings is 1. The Labute approximate surface area is 191 Å². The molecule has 174 valence electrons. The van der Waals surface area contributed by atoms with E-state index in [9.17, 15) is 13.2 Å². The van der Waals surface area contributed by atoms with E-state index in [0.717, 1.165) is 24.2 Å². The van der Waals surface area contributed by atoms with Crippen LogP contribution in [0, 0.1) is 20.8 Å². The number of rotatable bonds is 9. The molecule has 7 nitrogen and oxygen atoms in total. The number of benzene rings is 2. The van der Waals surface area contributed by atoms with Gasteiger partial charge in [0.25, 0.3) is 0 Å². The van der Waals surface area contributed by atoms with Gasteiger partial charge in [-0.05, 0) is 43.9 Å². The van der Waals surface area contributed by atoms with E-state index in [1.807, 2.05) is 49.4 Å². The number of carbonyl (C=O) groups is 1. The fourth-order valence-electron chi connectivity index (χ4n) is 4.16. The second-order valence-electron chi connectivity index (χ2n) is 8.34. The van der Waals surface area contributed by atoms with Crippen LogP contribution in [0.5, 0.6) is 0 Å². The highest BCUT2D eigenvalue weighted by Crippen LogP contribution is 2.22. The van der Waals surface area contributed by atoms with Crippen molar-refractivity contribution in [2.75, 3.05) is 39.4 Å². The third-order valence-corrected chi connectivity index (χ3v) is 7.38. The predicted octanol–water partition coefficient (Wildman–Crippen LogP) is 1.95. The van der Waals surface area contributed by atoms with Gasteiger partial charge in [-0.25, -0.2) is 8.42 Å². The van der Waals surface area contributed by atoms with Crippen LogP contribution in [0.15, 0.2) is 47.4 Å². The van der Waals surface area contributed by atoms with Crippen molar-refractivity contribution in [2.45, 2.75) is 38.1 Å². The number of carbonyl (C=O) groups excluding carboxylic acids is 1. The molecule has 1 aliphatic rings. The maximum Gasteiger partial charge on any atom is 0.241 e. The first-order valence-electron chi connectivity index (χ1n) is 11.0. The molecule has 3 rings (SSSR count). The van der Waals surface area contributed by atoms with Crippen LogP contribution < -0.4 is 10.0 Å². The van der Waals surface area contributed by atoms with E-state index in [4.69, 9.17) is 4.74 Å². The van der Waals surface area contributed by atoms with Gasteiger partial charge >= 0.3 is 0 Å². The van der Waals surface area contributed by atoms with Gasteiger partial charge in [-0.2, -0.15) is 4.72 Å². The topological polar surface area (TPSA) is 87.7 Å². The smallest absolute Gasteiger partial charge is 0.241 e. The Balaban J connectivity index is 1.75. The molecule has 8 heteroatoms. The minimum atomic E-state index is -3.89. The molecule has 2 N–H and O–H groups in total. The van der Waals surface area contributed by atoms with Gasteiger partial charge in [0.15, 0.2) is 0 Å². The SMILES string of the molecule is Cc1cc(C)c(S(=O)(=O)NC(Cc2ccccc2)C(=O)NCCN2CCOCC2)c(C)c1. The van der Waals surface area contributed by atoms with Gasteiger partial charge in [0.2, 0.25) is 15.9 Å². The average molecular weight is 460 g/mol. The van der Waals surface area contributed by atoms with E-state index < -0.39 is 16.1 Å². The first-order chi connectivity index (χ1) is 15.3. The molecule has 0 spiro atoms. The Morgan fingerprint density at radius 3 is 2.31 bits per heavy atom. The highest BCUT2D eigenvalue weighted by molar-refractivity contribution is 7.89. The first kappa shape index (κ1) is 24.4.